The van der Waals surface area contributed by atoms with Crippen molar-refractivity contribution in [3.05, 3.63) is 65.9 Å². The Labute approximate surface area is 197 Å². The number of aromatic nitrogens is 1. The first-order valence-corrected chi connectivity index (χ1v) is 12.8. The standard InChI is InChI=1S/C25H34N4O3S/c1-5-28(6-2)16-10-15-26-25(30)24-18-21-17-22(33(31,32)27(3)4)13-14-23(21)29(24)19-20-11-8-7-9-12-20/h7-9,11-14,17-18H,5-6,10,15-16,19H2,1-4H3,(H,26,30). The van der Waals surface area contributed by atoms with E-state index in [1.165, 1.54) is 18.4 Å². The fourth-order valence-corrected chi connectivity index (χ4v) is 4.82. The van der Waals surface area contributed by atoms with Crippen molar-refractivity contribution in [1.82, 2.24) is 19.1 Å². The van der Waals surface area contributed by atoms with Crippen LogP contribution < -0.4 is 5.32 Å². The summed E-state index contributed by atoms with van der Waals surface area (Å²) in [5.74, 6) is -0.154. The lowest BCUT2D eigenvalue weighted by molar-refractivity contribution is 0.0943. The molecule has 0 aliphatic rings. The lowest BCUT2D eigenvalue weighted by Crippen LogP contribution is -2.31. The lowest BCUT2D eigenvalue weighted by Gasteiger charge is -2.18. The number of amides is 1. The van der Waals surface area contributed by atoms with Crippen LogP contribution in [0.3, 0.4) is 0 Å². The third-order valence-electron chi connectivity index (χ3n) is 5.90. The van der Waals surface area contributed by atoms with Gasteiger partial charge in [-0.1, -0.05) is 44.2 Å². The molecule has 8 heteroatoms. The number of sulfonamides is 1. The van der Waals surface area contributed by atoms with Crippen LogP contribution in [-0.4, -0.2) is 68.4 Å². The van der Waals surface area contributed by atoms with Crippen LogP contribution >= 0.6 is 0 Å². The summed E-state index contributed by atoms with van der Waals surface area (Å²) in [7, 11) is -0.541. The molecule has 0 unspecified atom stereocenters. The van der Waals surface area contributed by atoms with Gasteiger partial charge in [-0.15, -0.1) is 0 Å². The van der Waals surface area contributed by atoms with Gasteiger partial charge in [0.25, 0.3) is 5.91 Å². The number of fused-ring (bicyclic) bond motifs is 1. The van der Waals surface area contributed by atoms with E-state index >= 15 is 0 Å². The van der Waals surface area contributed by atoms with Gasteiger partial charge in [0, 0.05) is 38.1 Å². The molecular formula is C25H34N4O3S. The highest BCUT2D eigenvalue weighted by molar-refractivity contribution is 7.89. The van der Waals surface area contributed by atoms with Gasteiger partial charge >= 0.3 is 0 Å². The summed E-state index contributed by atoms with van der Waals surface area (Å²) >= 11 is 0. The minimum Gasteiger partial charge on any atom is -0.351 e. The Morgan fingerprint density at radius 2 is 1.70 bits per heavy atom. The van der Waals surface area contributed by atoms with Gasteiger partial charge in [-0.2, -0.15) is 0 Å². The zero-order valence-corrected chi connectivity index (χ0v) is 20.7. The number of rotatable bonds is 11. The molecule has 0 aliphatic carbocycles. The number of nitrogens with one attached hydrogen (secondary N) is 1. The fourth-order valence-electron chi connectivity index (χ4n) is 3.88. The Morgan fingerprint density at radius 3 is 2.33 bits per heavy atom. The van der Waals surface area contributed by atoms with Gasteiger partial charge in [-0.3, -0.25) is 4.79 Å². The molecule has 0 aliphatic heterocycles. The summed E-state index contributed by atoms with van der Waals surface area (Å²) in [6.07, 6.45) is 0.873. The summed E-state index contributed by atoms with van der Waals surface area (Å²) in [4.78, 5) is 15.7. The van der Waals surface area contributed by atoms with E-state index in [9.17, 15) is 13.2 Å². The predicted octanol–water partition coefficient (Wildman–Crippen LogP) is 3.40. The van der Waals surface area contributed by atoms with Gasteiger partial charge in [-0.05, 0) is 55.9 Å². The highest BCUT2D eigenvalue weighted by atomic mass is 32.2. The molecule has 178 valence electrons. The van der Waals surface area contributed by atoms with Crippen LogP contribution in [0.2, 0.25) is 0 Å². The highest BCUT2D eigenvalue weighted by Crippen LogP contribution is 2.26. The van der Waals surface area contributed by atoms with Crippen LogP contribution in [0.15, 0.2) is 59.5 Å². The number of carbonyl (C=O) groups excluding carboxylic acids is 1. The second kappa shape index (κ2) is 11.0. The monoisotopic (exact) mass is 470 g/mol. The molecule has 1 aromatic heterocycles. The molecule has 0 fully saturated rings. The molecule has 2 aromatic carbocycles. The molecule has 33 heavy (non-hydrogen) atoms. The average Bonchev–Trinajstić information content (AvgIpc) is 3.17. The van der Waals surface area contributed by atoms with Crippen molar-refractivity contribution < 1.29 is 13.2 Å². The van der Waals surface area contributed by atoms with E-state index in [0.29, 0.717) is 18.8 Å². The number of hydrogen-bond donors (Lipinski definition) is 1. The molecule has 0 bridgehead atoms. The molecule has 0 saturated heterocycles. The molecule has 3 rings (SSSR count). The van der Waals surface area contributed by atoms with Crippen molar-refractivity contribution in [3.8, 4) is 0 Å². The quantitative estimate of drug-likeness (QED) is 0.436. The van der Waals surface area contributed by atoms with Gasteiger partial charge < -0.3 is 14.8 Å². The SMILES string of the molecule is CCN(CC)CCCNC(=O)c1cc2cc(S(=O)(=O)N(C)C)ccc2n1Cc1ccccc1. The van der Waals surface area contributed by atoms with Crippen LogP contribution in [0.25, 0.3) is 10.9 Å². The van der Waals surface area contributed by atoms with Gasteiger partial charge in [0.05, 0.1) is 4.90 Å². The Bertz CT molecular complexity index is 1180. The minimum atomic E-state index is -3.56. The molecule has 1 amide bonds. The summed E-state index contributed by atoms with van der Waals surface area (Å²) in [6, 6.07) is 16.7. The maximum atomic E-state index is 13.1. The zero-order valence-electron chi connectivity index (χ0n) is 19.9. The van der Waals surface area contributed by atoms with Crippen molar-refractivity contribution in [2.75, 3.05) is 40.3 Å². The summed E-state index contributed by atoms with van der Waals surface area (Å²) < 4.78 is 28.4. The predicted molar refractivity (Wildman–Crippen MR) is 133 cm³/mol. The Kier molecular flexibility index (Phi) is 8.29. The van der Waals surface area contributed by atoms with Crippen LogP contribution in [0, 0.1) is 0 Å². The first-order chi connectivity index (χ1) is 15.8. The van der Waals surface area contributed by atoms with Gasteiger partial charge in [0.2, 0.25) is 10.0 Å². The van der Waals surface area contributed by atoms with Crippen LogP contribution in [0.5, 0.6) is 0 Å². The van der Waals surface area contributed by atoms with Crippen LogP contribution in [0.4, 0.5) is 0 Å². The molecular weight excluding hydrogens is 436 g/mol. The molecule has 0 saturated carbocycles. The van der Waals surface area contributed by atoms with Gasteiger partial charge in [0.15, 0.2) is 0 Å². The van der Waals surface area contributed by atoms with Crippen molar-refractivity contribution in [1.29, 1.82) is 0 Å². The van der Waals surface area contributed by atoms with E-state index in [-0.39, 0.29) is 10.8 Å². The summed E-state index contributed by atoms with van der Waals surface area (Å²) in [6.45, 7) is 8.30. The van der Waals surface area contributed by atoms with E-state index < -0.39 is 10.0 Å². The van der Waals surface area contributed by atoms with E-state index in [4.69, 9.17) is 0 Å². The largest absolute Gasteiger partial charge is 0.351 e. The molecule has 0 atom stereocenters. The highest BCUT2D eigenvalue weighted by Gasteiger charge is 2.21. The third-order valence-corrected chi connectivity index (χ3v) is 7.71. The van der Waals surface area contributed by atoms with Crippen molar-refractivity contribution in [2.45, 2.75) is 31.7 Å². The number of hydrogen-bond acceptors (Lipinski definition) is 4. The smallest absolute Gasteiger partial charge is 0.267 e. The van der Waals surface area contributed by atoms with Gasteiger partial charge in [0.1, 0.15) is 5.69 Å². The summed E-state index contributed by atoms with van der Waals surface area (Å²) in [5.41, 5.74) is 2.41. The van der Waals surface area contributed by atoms with Crippen LogP contribution in [-0.2, 0) is 16.6 Å². The van der Waals surface area contributed by atoms with Crippen molar-refractivity contribution in [2.24, 2.45) is 0 Å². The van der Waals surface area contributed by atoms with E-state index in [1.807, 2.05) is 34.9 Å². The van der Waals surface area contributed by atoms with E-state index in [2.05, 4.69) is 24.1 Å². The molecule has 7 nitrogen and oxygen atoms in total. The number of carbonyl (C=O) groups is 1. The third kappa shape index (κ3) is 5.82. The topological polar surface area (TPSA) is 74.7 Å². The summed E-state index contributed by atoms with van der Waals surface area (Å²) in [5, 5.41) is 3.76. The minimum absolute atomic E-state index is 0.154. The van der Waals surface area contributed by atoms with Crippen LogP contribution in [0.1, 0.15) is 36.3 Å². The fraction of sp³-hybridized carbons (Fsp3) is 0.400. The van der Waals surface area contributed by atoms with Gasteiger partial charge in [-0.25, -0.2) is 12.7 Å². The molecule has 1 N–H and O–H groups in total. The molecule has 3 aromatic rings. The zero-order chi connectivity index (χ0) is 24.0. The molecule has 0 spiro atoms. The lowest BCUT2D eigenvalue weighted by atomic mass is 10.2. The van der Waals surface area contributed by atoms with E-state index in [1.54, 1.807) is 24.3 Å². The molecule has 1 heterocycles. The average molecular weight is 471 g/mol. The normalized spacial score (nSPS) is 12.1. The maximum absolute atomic E-state index is 13.1. The number of nitrogens with zero attached hydrogens (tertiary/aromatic N) is 3. The molecule has 0 radical (unpaired) electrons. The second-order valence-corrected chi connectivity index (χ2v) is 10.4. The second-order valence-electron chi connectivity index (χ2n) is 8.25. The Hall–Kier alpha value is -2.68. The van der Waals surface area contributed by atoms with E-state index in [0.717, 1.165) is 42.5 Å². The number of benzene rings is 2. The Balaban J connectivity index is 1.92. The van der Waals surface area contributed by atoms with Crippen molar-refractivity contribution in [3.63, 3.8) is 0 Å². The Morgan fingerprint density at radius 1 is 1.00 bits per heavy atom. The van der Waals surface area contributed by atoms with Crippen molar-refractivity contribution >= 4 is 26.8 Å². The first kappa shape index (κ1) is 25.0. The maximum Gasteiger partial charge on any atom is 0.267 e. The first-order valence-electron chi connectivity index (χ1n) is 11.4.